The lowest BCUT2D eigenvalue weighted by atomic mass is 10.2. The average Bonchev–Trinajstić information content (AvgIpc) is 2.15. The molecular weight excluding hydrogens is 230 g/mol. The summed E-state index contributed by atoms with van der Waals surface area (Å²) >= 11 is 0. The van der Waals surface area contributed by atoms with Gasteiger partial charge in [-0.3, -0.25) is 14.7 Å². The van der Waals surface area contributed by atoms with Gasteiger partial charge in [0.05, 0.1) is 0 Å². The lowest BCUT2D eigenvalue weighted by molar-refractivity contribution is -0.00780. The Bertz CT molecular complexity index is 414. The first-order valence-electron chi connectivity index (χ1n) is 3.61. The number of rotatable bonds is 3. The summed E-state index contributed by atoms with van der Waals surface area (Å²) in [5.74, 6) is -1.84. The number of para-hydroxylation sites is 1. The van der Waals surface area contributed by atoms with Gasteiger partial charge in [0.2, 0.25) is 0 Å². The fourth-order valence-electron chi connectivity index (χ4n) is 0.860. The molecule has 0 spiro atoms. The minimum atomic E-state index is -4.95. The van der Waals surface area contributed by atoms with E-state index in [2.05, 4.69) is 9.47 Å². The smallest absolute Gasteiger partial charge is 0.367 e. The van der Waals surface area contributed by atoms with Crippen molar-refractivity contribution in [3.8, 4) is 5.75 Å². The molecule has 0 aliphatic heterocycles. The lowest BCUT2D eigenvalue weighted by Crippen LogP contribution is -2.04. The van der Waals surface area contributed by atoms with Crippen LogP contribution in [0.25, 0.3) is 0 Å². The van der Waals surface area contributed by atoms with Crippen molar-refractivity contribution in [2.24, 2.45) is 0 Å². The van der Waals surface area contributed by atoms with E-state index in [4.69, 9.17) is 9.79 Å². The van der Waals surface area contributed by atoms with Crippen molar-refractivity contribution in [3.63, 3.8) is 0 Å². The normalized spacial score (nSPS) is 10.9. The molecule has 0 bridgehead atoms. The van der Waals surface area contributed by atoms with Gasteiger partial charge in [0, 0.05) is 4.53 Å². The van der Waals surface area contributed by atoms with Crippen molar-refractivity contribution < 1.29 is 33.1 Å². The zero-order valence-corrected chi connectivity index (χ0v) is 8.06. The van der Waals surface area contributed by atoms with Crippen LogP contribution in [-0.2, 0) is 9.09 Å². The summed E-state index contributed by atoms with van der Waals surface area (Å²) in [4.78, 5) is 31.1. The molecule has 6 nitrogen and oxygen atoms in total. The second kappa shape index (κ2) is 4.39. The van der Waals surface area contributed by atoms with Crippen LogP contribution in [0.15, 0.2) is 24.3 Å². The van der Waals surface area contributed by atoms with Gasteiger partial charge < -0.3 is 4.52 Å². The molecule has 2 N–H and O–H groups in total. The van der Waals surface area contributed by atoms with Crippen LogP contribution >= 0.6 is 7.82 Å². The third kappa shape index (κ3) is 3.32. The second-order valence-corrected chi connectivity index (χ2v) is 3.61. The molecular formula is C7H6FO6P. The third-order valence-electron chi connectivity index (χ3n) is 1.39. The molecule has 0 aromatic heterocycles. The molecule has 8 heteroatoms. The van der Waals surface area contributed by atoms with E-state index in [1.165, 1.54) is 12.1 Å². The van der Waals surface area contributed by atoms with E-state index in [-0.39, 0.29) is 0 Å². The molecule has 0 saturated heterocycles. The maximum atomic E-state index is 11.9. The highest BCUT2D eigenvalue weighted by Gasteiger charge is 2.24. The summed E-state index contributed by atoms with van der Waals surface area (Å²) in [6, 6.07) is 4.95. The van der Waals surface area contributed by atoms with Gasteiger partial charge in [-0.15, -0.1) is 0 Å². The van der Waals surface area contributed by atoms with Crippen molar-refractivity contribution in [2.75, 3.05) is 0 Å². The van der Waals surface area contributed by atoms with Crippen LogP contribution < -0.4 is 4.94 Å². The van der Waals surface area contributed by atoms with Gasteiger partial charge in [-0.05, 0) is 12.1 Å². The van der Waals surface area contributed by atoms with E-state index in [0.717, 1.165) is 12.1 Å². The third-order valence-corrected chi connectivity index (χ3v) is 1.80. The van der Waals surface area contributed by atoms with Gasteiger partial charge >= 0.3 is 13.8 Å². The Hall–Kier alpha value is -1.43. The Labute approximate surface area is 83.4 Å². The molecule has 1 aromatic rings. The van der Waals surface area contributed by atoms with E-state index < -0.39 is 25.1 Å². The van der Waals surface area contributed by atoms with Gasteiger partial charge in [-0.25, -0.2) is 9.36 Å². The van der Waals surface area contributed by atoms with Crippen LogP contribution in [0.3, 0.4) is 0 Å². The maximum absolute atomic E-state index is 11.9. The first-order valence-corrected chi connectivity index (χ1v) is 5.14. The molecule has 0 aliphatic rings. The molecule has 0 radical (unpaired) electrons. The van der Waals surface area contributed by atoms with Crippen molar-refractivity contribution in [1.29, 1.82) is 0 Å². The summed E-state index contributed by atoms with van der Waals surface area (Å²) in [5.41, 5.74) is -0.414. The van der Waals surface area contributed by atoms with Gasteiger partial charge in [0.25, 0.3) is 0 Å². The molecule has 0 unspecified atom stereocenters. The second-order valence-electron chi connectivity index (χ2n) is 2.44. The number of phosphoric acid groups is 1. The maximum Gasteiger partial charge on any atom is 0.527 e. The average molecular weight is 236 g/mol. The van der Waals surface area contributed by atoms with Gasteiger partial charge in [0.1, 0.15) is 5.56 Å². The fourth-order valence-corrected chi connectivity index (χ4v) is 1.17. The van der Waals surface area contributed by atoms with Crippen molar-refractivity contribution in [1.82, 2.24) is 0 Å². The number of carbonyl (C=O) groups is 1. The molecule has 15 heavy (non-hydrogen) atoms. The Morgan fingerprint density at radius 2 is 1.93 bits per heavy atom. The highest BCUT2D eigenvalue weighted by atomic mass is 31.2. The monoisotopic (exact) mass is 236 g/mol. The standard InChI is InChI=1S/C7H6FO6P/c8-13-6-4-2-1-3-5(6)7(9)14-15(10,11)12/h1-4H,(H2,10,11,12). The molecule has 0 heterocycles. The van der Waals surface area contributed by atoms with Gasteiger partial charge in [-0.2, -0.15) is 0 Å². The zero-order valence-electron chi connectivity index (χ0n) is 7.16. The number of hydrogen-bond acceptors (Lipinski definition) is 4. The van der Waals surface area contributed by atoms with E-state index >= 15 is 0 Å². The minimum absolute atomic E-state index is 0.414. The zero-order chi connectivity index (χ0) is 11.5. The van der Waals surface area contributed by atoms with Crippen molar-refractivity contribution >= 4 is 13.8 Å². The summed E-state index contributed by atoms with van der Waals surface area (Å²) in [6.45, 7) is 0. The molecule has 82 valence electrons. The van der Waals surface area contributed by atoms with E-state index in [1.54, 1.807) is 0 Å². The van der Waals surface area contributed by atoms with Crippen LogP contribution in [0, 0.1) is 0 Å². The highest BCUT2D eigenvalue weighted by molar-refractivity contribution is 7.46. The van der Waals surface area contributed by atoms with Crippen LogP contribution in [-0.4, -0.2) is 15.8 Å². The fraction of sp³-hybridized carbons (Fsp3) is 0. The summed E-state index contributed by atoms with van der Waals surface area (Å²) in [6.07, 6.45) is 0. The van der Waals surface area contributed by atoms with Gasteiger partial charge in [-0.1, -0.05) is 12.1 Å². The van der Waals surface area contributed by atoms with Crippen LogP contribution in [0.5, 0.6) is 5.75 Å². The number of halogens is 1. The number of carbonyl (C=O) groups excluding carboxylic acids is 1. The van der Waals surface area contributed by atoms with E-state index in [9.17, 15) is 13.9 Å². The van der Waals surface area contributed by atoms with E-state index in [1.807, 2.05) is 0 Å². The predicted octanol–water partition coefficient (Wildman–Crippen LogP) is 1.20. The Balaban J connectivity index is 2.96. The summed E-state index contributed by atoms with van der Waals surface area (Å²) < 4.78 is 26.0. The quantitative estimate of drug-likeness (QED) is 0.766. The van der Waals surface area contributed by atoms with Crippen molar-refractivity contribution in [2.45, 2.75) is 0 Å². The number of hydrogen-bond donors (Lipinski definition) is 2. The predicted molar refractivity (Wildman–Crippen MR) is 45.6 cm³/mol. The Morgan fingerprint density at radius 1 is 1.33 bits per heavy atom. The SMILES string of the molecule is O=C(OP(=O)(O)O)c1ccccc1OF. The Kier molecular flexibility index (Phi) is 3.41. The summed E-state index contributed by atoms with van der Waals surface area (Å²) in [5, 5.41) is 0. The molecule has 0 atom stereocenters. The summed E-state index contributed by atoms with van der Waals surface area (Å²) in [7, 11) is -4.95. The first-order chi connectivity index (χ1) is 6.94. The van der Waals surface area contributed by atoms with Crippen LogP contribution in [0.2, 0.25) is 0 Å². The Morgan fingerprint density at radius 3 is 2.47 bits per heavy atom. The van der Waals surface area contributed by atoms with Crippen LogP contribution in [0.4, 0.5) is 4.53 Å². The van der Waals surface area contributed by atoms with Crippen LogP contribution in [0.1, 0.15) is 10.4 Å². The topological polar surface area (TPSA) is 93.1 Å². The molecule has 0 saturated carbocycles. The number of benzene rings is 1. The largest absolute Gasteiger partial charge is 0.527 e. The lowest BCUT2D eigenvalue weighted by Gasteiger charge is -2.06. The minimum Gasteiger partial charge on any atom is -0.367 e. The molecule has 0 amide bonds. The highest BCUT2D eigenvalue weighted by Crippen LogP contribution is 2.37. The first kappa shape index (κ1) is 11.6. The van der Waals surface area contributed by atoms with Crippen molar-refractivity contribution in [3.05, 3.63) is 29.8 Å². The number of phosphoric ester groups is 1. The van der Waals surface area contributed by atoms with Gasteiger partial charge in [0.15, 0.2) is 5.75 Å². The molecule has 1 rings (SSSR count). The van der Waals surface area contributed by atoms with E-state index in [0.29, 0.717) is 0 Å². The molecule has 0 aliphatic carbocycles. The molecule has 0 fully saturated rings. The molecule has 1 aromatic carbocycles.